The van der Waals surface area contributed by atoms with Gasteiger partial charge in [0.05, 0.1) is 0 Å². The Morgan fingerprint density at radius 1 is 1.04 bits per heavy atom. The molecule has 0 fully saturated rings. The minimum Gasteiger partial charge on any atom is -0.265 e. The third-order valence-electron chi connectivity index (χ3n) is 4.91. The summed E-state index contributed by atoms with van der Waals surface area (Å²) in [5.41, 5.74) is 3.93. The lowest BCUT2D eigenvalue weighted by atomic mass is 10.0. The van der Waals surface area contributed by atoms with Crippen LogP contribution < -0.4 is 15.1 Å². The van der Waals surface area contributed by atoms with Crippen LogP contribution in [0.15, 0.2) is 64.6 Å². The zero-order valence-corrected chi connectivity index (χ0v) is 16.3. The van der Waals surface area contributed by atoms with E-state index in [0.29, 0.717) is 0 Å². The van der Waals surface area contributed by atoms with Gasteiger partial charge in [0.25, 0.3) is 0 Å². The molecule has 1 aromatic carbocycles. The van der Waals surface area contributed by atoms with Crippen molar-refractivity contribution in [1.29, 1.82) is 0 Å². The number of aromatic nitrogens is 2. The van der Waals surface area contributed by atoms with Gasteiger partial charge < -0.3 is 0 Å². The fraction of sp³-hybridized carbons (Fsp3) is 0.200. The molecule has 0 atom stereocenters. The number of pyridine rings is 2. The highest BCUT2D eigenvalue weighted by Gasteiger charge is 2.37. The van der Waals surface area contributed by atoms with Gasteiger partial charge in [-0.05, 0) is 48.0 Å². The first kappa shape index (κ1) is 15.6. The van der Waals surface area contributed by atoms with E-state index in [4.69, 9.17) is 4.98 Å². The summed E-state index contributed by atoms with van der Waals surface area (Å²) < 4.78 is 2.20. The van der Waals surface area contributed by atoms with Gasteiger partial charge in [0.15, 0.2) is 6.20 Å². The van der Waals surface area contributed by atoms with Crippen LogP contribution in [0.4, 0.5) is 0 Å². The Hall–Kier alpha value is -1.91. The van der Waals surface area contributed by atoms with Crippen molar-refractivity contribution in [2.45, 2.75) is 29.8 Å². The van der Waals surface area contributed by atoms with E-state index in [0.717, 1.165) is 0 Å². The minimum atomic E-state index is -1.78. The van der Waals surface area contributed by atoms with E-state index in [1.54, 1.807) is 0 Å². The third kappa shape index (κ3) is 2.33. The van der Waals surface area contributed by atoms with Crippen LogP contribution >= 0.6 is 11.8 Å². The van der Waals surface area contributed by atoms with Gasteiger partial charge >= 0.3 is 0 Å². The fourth-order valence-corrected chi connectivity index (χ4v) is 8.84. The van der Waals surface area contributed by atoms with Crippen molar-refractivity contribution < 1.29 is 4.57 Å². The van der Waals surface area contributed by atoms with Crippen molar-refractivity contribution in [3.05, 3.63) is 60.4 Å². The van der Waals surface area contributed by atoms with Crippen LogP contribution in [-0.2, 0) is 7.05 Å². The summed E-state index contributed by atoms with van der Waals surface area (Å²) in [7, 11) is 0.336. The lowest BCUT2D eigenvalue weighted by Gasteiger charge is -2.32. The number of rotatable bonds is 1. The second-order valence-corrected chi connectivity index (χ2v) is 12.3. The molecule has 0 saturated carbocycles. The predicted molar refractivity (Wildman–Crippen MR) is 103 cm³/mol. The molecule has 2 nitrogen and oxygen atoms in total. The number of aryl methyl sites for hydroxylation is 2. The topological polar surface area (TPSA) is 16.8 Å². The maximum Gasteiger partial charge on any atom is 0.212 e. The van der Waals surface area contributed by atoms with Gasteiger partial charge in [0, 0.05) is 39.0 Å². The summed E-state index contributed by atoms with van der Waals surface area (Å²) in [6.07, 6.45) is 4.05. The van der Waals surface area contributed by atoms with Crippen molar-refractivity contribution >= 4 is 30.3 Å². The van der Waals surface area contributed by atoms with Crippen molar-refractivity contribution in [2.24, 2.45) is 7.05 Å². The van der Waals surface area contributed by atoms with E-state index in [2.05, 4.69) is 74.2 Å². The average molecular weight is 350 g/mol. The molecule has 4 heteroatoms. The van der Waals surface area contributed by atoms with Gasteiger partial charge in [-0.15, -0.1) is 0 Å². The average Bonchev–Trinajstić information content (AvgIpc) is 2.55. The van der Waals surface area contributed by atoms with E-state index >= 15 is 0 Å². The number of hydrogen-bond donors (Lipinski definition) is 0. The highest BCUT2D eigenvalue weighted by atomic mass is 32.2. The van der Waals surface area contributed by atoms with Crippen LogP contribution in [0.5, 0.6) is 0 Å². The SMILES string of the molecule is Cc1cc2c(cc1-c1cccc[n+]1C)[Si](C)(C)c1ncccc1S2. The smallest absolute Gasteiger partial charge is 0.212 e. The van der Waals surface area contributed by atoms with E-state index in [9.17, 15) is 0 Å². The highest BCUT2D eigenvalue weighted by molar-refractivity contribution is 8.00. The number of nitrogens with zero attached hydrogens (tertiary/aromatic N) is 2. The first-order valence-corrected chi connectivity index (χ1v) is 12.0. The van der Waals surface area contributed by atoms with Gasteiger partial charge in [-0.3, -0.25) is 4.98 Å². The zero-order chi connectivity index (χ0) is 16.9. The first-order chi connectivity index (χ1) is 11.5. The Morgan fingerprint density at radius 2 is 1.88 bits per heavy atom. The Morgan fingerprint density at radius 3 is 2.67 bits per heavy atom. The Balaban J connectivity index is 1.95. The van der Waals surface area contributed by atoms with E-state index in [1.807, 2.05) is 24.0 Å². The molecule has 0 bridgehead atoms. The molecule has 0 N–H and O–H groups in total. The third-order valence-corrected chi connectivity index (χ3v) is 9.73. The summed E-state index contributed by atoms with van der Waals surface area (Å²) in [6, 6.07) is 15.4. The Bertz CT molecular complexity index is 950. The van der Waals surface area contributed by atoms with Crippen LogP contribution in [0, 0.1) is 6.92 Å². The normalized spacial score (nSPS) is 14.8. The molecule has 0 saturated heterocycles. The fourth-order valence-electron chi connectivity index (χ4n) is 3.52. The highest BCUT2D eigenvalue weighted by Crippen LogP contribution is 2.35. The summed E-state index contributed by atoms with van der Waals surface area (Å²) in [5, 5.41) is 2.82. The minimum absolute atomic E-state index is 1.26. The molecule has 1 aliphatic rings. The van der Waals surface area contributed by atoms with E-state index in [1.165, 1.54) is 37.1 Å². The molecule has 0 unspecified atom stereocenters. The Kier molecular flexibility index (Phi) is 3.62. The van der Waals surface area contributed by atoms with Gasteiger partial charge in [-0.2, -0.15) is 0 Å². The Labute approximate surface area is 148 Å². The van der Waals surface area contributed by atoms with Crippen LogP contribution in [0.1, 0.15) is 5.56 Å². The van der Waals surface area contributed by atoms with Crippen LogP contribution in [-0.4, -0.2) is 13.1 Å². The van der Waals surface area contributed by atoms with Gasteiger partial charge in [0.2, 0.25) is 5.69 Å². The number of fused-ring (bicyclic) bond motifs is 2. The second-order valence-electron chi connectivity index (χ2n) is 6.94. The number of hydrogen-bond acceptors (Lipinski definition) is 2. The molecule has 2 aromatic heterocycles. The monoisotopic (exact) mass is 349 g/mol. The van der Waals surface area contributed by atoms with Crippen molar-refractivity contribution in [1.82, 2.24) is 4.98 Å². The molecule has 3 aromatic rings. The lowest BCUT2D eigenvalue weighted by Crippen LogP contribution is -2.57. The maximum absolute atomic E-state index is 4.75. The molecular weight excluding hydrogens is 328 g/mol. The van der Waals surface area contributed by atoms with E-state index < -0.39 is 8.07 Å². The quantitative estimate of drug-likeness (QED) is 0.496. The van der Waals surface area contributed by atoms with Crippen molar-refractivity contribution in [3.63, 3.8) is 0 Å². The van der Waals surface area contributed by atoms with Crippen molar-refractivity contribution in [3.8, 4) is 11.3 Å². The molecule has 3 heterocycles. The maximum atomic E-state index is 4.75. The first-order valence-electron chi connectivity index (χ1n) is 8.22. The lowest BCUT2D eigenvalue weighted by molar-refractivity contribution is -0.660. The summed E-state index contributed by atoms with van der Waals surface area (Å²) in [5.74, 6) is 0. The van der Waals surface area contributed by atoms with Gasteiger partial charge in [-0.25, -0.2) is 4.57 Å². The molecule has 0 amide bonds. The molecule has 0 radical (unpaired) electrons. The largest absolute Gasteiger partial charge is 0.265 e. The zero-order valence-electron chi connectivity index (χ0n) is 14.5. The standard InChI is InChI=1S/C20H21N2SSi/c1-14-12-18-19(13-15(14)16-8-5-6-11-22(16)2)24(3,4)20-17(23-18)9-7-10-21-20/h5-13H,1-4H3/q+1. The molecule has 120 valence electrons. The van der Waals surface area contributed by atoms with Gasteiger partial charge in [-0.1, -0.05) is 24.9 Å². The molecule has 1 aliphatic heterocycles. The van der Waals surface area contributed by atoms with Crippen LogP contribution in [0.2, 0.25) is 13.1 Å². The van der Waals surface area contributed by atoms with E-state index in [-0.39, 0.29) is 0 Å². The van der Waals surface area contributed by atoms with Gasteiger partial charge in [0.1, 0.15) is 15.1 Å². The summed E-state index contributed by atoms with van der Waals surface area (Å²) in [4.78, 5) is 7.49. The van der Waals surface area contributed by atoms with Crippen molar-refractivity contribution in [2.75, 3.05) is 0 Å². The predicted octanol–water partition coefficient (Wildman–Crippen LogP) is 3.17. The number of benzene rings is 1. The molecule has 0 spiro atoms. The van der Waals surface area contributed by atoms with Crippen LogP contribution in [0.25, 0.3) is 11.3 Å². The summed E-state index contributed by atoms with van der Waals surface area (Å²) >= 11 is 1.87. The summed E-state index contributed by atoms with van der Waals surface area (Å²) in [6.45, 7) is 7.06. The second kappa shape index (κ2) is 5.57. The van der Waals surface area contributed by atoms with Crippen LogP contribution in [0.3, 0.4) is 0 Å². The molecule has 4 rings (SSSR count). The molecular formula is C20H21N2SSi+. The molecule has 24 heavy (non-hydrogen) atoms. The molecule has 0 aliphatic carbocycles.